The minimum absolute atomic E-state index is 0.111. The third-order valence-corrected chi connectivity index (χ3v) is 2.71. The fraction of sp³-hybridized carbons (Fsp3) is 0.214. The molecule has 0 fully saturated rings. The number of carbonyl (C=O) groups is 1. The number of anilines is 1. The summed E-state index contributed by atoms with van der Waals surface area (Å²) < 4.78 is 0. The first-order valence-corrected chi connectivity index (χ1v) is 6.15. The summed E-state index contributed by atoms with van der Waals surface area (Å²) >= 11 is 0. The number of nitrogens with two attached hydrogens (primary N) is 1. The van der Waals surface area contributed by atoms with Crippen molar-refractivity contribution in [2.45, 2.75) is 6.42 Å². The van der Waals surface area contributed by atoms with Crippen LogP contribution < -0.4 is 10.6 Å². The minimum Gasteiger partial charge on any atom is -0.330 e. The van der Waals surface area contributed by atoms with Crippen molar-refractivity contribution in [3.05, 3.63) is 54.6 Å². The van der Waals surface area contributed by atoms with Gasteiger partial charge in [-0.05, 0) is 25.1 Å². The van der Waals surface area contributed by atoms with E-state index in [1.165, 1.54) is 18.7 Å². The summed E-state index contributed by atoms with van der Waals surface area (Å²) in [6.45, 7) is 1.12. The van der Waals surface area contributed by atoms with E-state index in [0.717, 1.165) is 12.1 Å². The molecule has 0 saturated carbocycles. The number of amides is 1. The second-order valence-electron chi connectivity index (χ2n) is 4.06. The lowest BCUT2D eigenvalue weighted by atomic mass is 10.2. The Labute approximate surface area is 112 Å². The number of hydrogen-bond acceptors (Lipinski definition) is 4. The highest BCUT2D eigenvalue weighted by molar-refractivity contribution is 6.05. The van der Waals surface area contributed by atoms with Crippen LogP contribution in [0, 0.1) is 0 Å². The number of para-hydroxylation sites is 1. The second kappa shape index (κ2) is 6.61. The van der Waals surface area contributed by atoms with Crippen LogP contribution in [0.4, 0.5) is 5.69 Å². The molecule has 5 nitrogen and oxygen atoms in total. The zero-order valence-electron chi connectivity index (χ0n) is 10.6. The Kier molecular flexibility index (Phi) is 4.58. The van der Waals surface area contributed by atoms with Crippen molar-refractivity contribution >= 4 is 11.6 Å². The SMILES string of the molecule is NCCCN(C(=O)c1cncnc1)c1ccccc1. The molecule has 0 aliphatic heterocycles. The number of aromatic nitrogens is 2. The zero-order chi connectivity index (χ0) is 13.5. The fourth-order valence-corrected chi connectivity index (χ4v) is 1.77. The number of benzene rings is 1. The first-order valence-electron chi connectivity index (χ1n) is 6.15. The van der Waals surface area contributed by atoms with E-state index in [1.807, 2.05) is 30.3 Å². The Balaban J connectivity index is 2.25. The van der Waals surface area contributed by atoms with Crippen LogP contribution in [0.15, 0.2) is 49.1 Å². The third kappa shape index (κ3) is 3.35. The summed E-state index contributed by atoms with van der Waals surface area (Å²) in [4.78, 5) is 21.9. The van der Waals surface area contributed by atoms with E-state index in [1.54, 1.807) is 4.90 Å². The van der Waals surface area contributed by atoms with Crippen molar-refractivity contribution in [1.82, 2.24) is 9.97 Å². The Morgan fingerprint density at radius 3 is 2.47 bits per heavy atom. The summed E-state index contributed by atoms with van der Waals surface area (Å²) in [6, 6.07) is 9.52. The third-order valence-electron chi connectivity index (χ3n) is 2.71. The summed E-state index contributed by atoms with van der Waals surface area (Å²) in [5.41, 5.74) is 6.86. The summed E-state index contributed by atoms with van der Waals surface area (Å²) in [7, 11) is 0. The van der Waals surface area contributed by atoms with Crippen LogP contribution in [-0.4, -0.2) is 29.0 Å². The molecule has 0 spiro atoms. The van der Waals surface area contributed by atoms with E-state index >= 15 is 0 Å². The van der Waals surface area contributed by atoms with Gasteiger partial charge in [0.25, 0.3) is 5.91 Å². The molecule has 2 rings (SSSR count). The first kappa shape index (κ1) is 13.2. The highest BCUT2D eigenvalue weighted by Crippen LogP contribution is 2.16. The molecule has 98 valence electrons. The highest BCUT2D eigenvalue weighted by Gasteiger charge is 2.17. The second-order valence-corrected chi connectivity index (χ2v) is 4.06. The molecule has 0 unspecified atom stereocenters. The number of rotatable bonds is 5. The molecule has 0 bridgehead atoms. The van der Waals surface area contributed by atoms with Crippen LogP contribution in [0.5, 0.6) is 0 Å². The summed E-state index contributed by atoms with van der Waals surface area (Å²) in [6.07, 6.45) is 5.19. The van der Waals surface area contributed by atoms with Gasteiger partial charge >= 0.3 is 0 Å². The molecule has 1 aromatic heterocycles. The van der Waals surface area contributed by atoms with Gasteiger partial charge in [-0.2, -0.15) is 0 Å². The monoisotopic (exact) mass is 256 g/mol. The van der Waals surface area contributed by atoms with E-state index in [2.05, 4.69) is 9.97 Å². The number of nitrogens with zero attached hydrogens (tertiary/aromatic N) is 3. The van der Waals surface area contributed by atoms with Crippen molar-refractivity contribution in [2.75, 3.05) is 18.0 Å². The topological polar surface area (TPSA) is 72.1 Å². The zero-order valence-corrected chi connectivity index (χ0v) is 10.6. The molecular weight excluding hydrogens is 240 g/mol. The molecule has 2 aromatic rings. The molecule has 19 heavy (non-hydrogen) atoms. The lowest BCUT2D eigenvalue weighted by Gasteiger charge is -2.22. The highest BCUT2D eigenvalue weighted by atomic mass is 16.2. The molecule has 5 heteroatoms. The van der Waals surface area contributed by atoms with Gasteiger partial charge in [0, 0.05) is 24.6 Å². The number of hydrogen-bond donors (Lipinski definition) is 1. The van der Waals surface area contributed by atoms with Crippen LogP contribution in [0.25, 0.3) is 0 Å². The van der Waals surface area contributed by atoms with Crippen molar-refractivity contribution in [3.63, 3.8) is 0 Å². The standard InChI is InChI=1S/C14H16N4O/c15-7-4-8-18(13-5-2-1-3-6-13)14(19)12-9-16-11-17-10-12/h1-3,5-6,9-11H,4,7-8,15H2. The average Bonchev–Trinajstić information content (AvgIpc) is 2.49. The Bertz CT molecular complexity index is 515. The molecule has 0 aliphatic rings. The lowest BCUT2D eigenvalue weighted by Crippen LogP contribution is -2.33. The van der Waals surface area contributed by atoms with E-state index in [4.69, 9.17) is 5.73 Å². The number of carbonyl (C=O) groups excluding carboxylic acids is 1. The van der Waals surface area contributed by atoms with E-state index in [9.17, 15) is 4.79 Å². The molecular formula is C14H16N4O. The normalized spacial score (nSPS) is 10.2. The molecule has 1 amide bonds. The van der Waals surface area contributed by atoms with Gasteiger partial charge in [0.2, 0.25) is 0 Å². The van der Waals surface area contributed by atoms with Crippen molar-refractivity contribution < 1.29 is 4.79 Å². The van der Waals surface area contributed by atoms with Gasteiger partial charge in [-0.1, -0.05) is 18.2 Å². The predicted octanol–water partition coefficient (Wildman–Crippen LogP) is 1.47. The van der Waals surface area contributed by atoms with Crippen molar-refractivity contribution in [2.24, 2.45) is 5.73 Å². The Hall–Kier alpha value is -2.27. The van der Waals surface area contributed by atoms with Gasteiger partial charge in [0.1, 0.15) is 6.33 Å². The fourth-order valence-electron chi connectivity index (χ4n) is 1.77. The van der Waals surface area contributed by atoms with Crippen LogP contribution in [0.2, 0.25) is 0 Å². The van der Waals surface area contributed by atoms with Gasteiger partial charge < -0.3 is 10.6 Å². The van der Waals surface area contributed by atoms with E-state index < -0.39 is 0 Å². The van der Waals surface area contributed by atoms with Gasteiger partial charge in [-0.25, -0.2) is 9.97 Å². The summed E-state index contributed by atoms with van der Waals surface area (Å²) in [5.74, 6) is -0.111. The maximum absolute atomic E-state index is 12.5. The molecule has 2 N–H and O–H groups in total. The molecule has 1 aromatic carbocycles. The van der Waals surface area contributed by atoms with Gasteiger partial charge in [0.15, 0.2) is 0 Å². The van der Waals surface area contributed by atoms with Gasteiger partial charge in [-0.3, -0.25) is 4.79 Å². The maximum atomic E-state index is 12.5. The van der Waals surface area contributed by atoms with Crippen LogP contribution in [0.3, 0.4) is 0 Å². The smallest absolute Gasteiger partial charge is 0.261 e. The van der Waals surface area contributed by atoms with E-state index in [-0.39, 0.29) is 5.91 Å². The van der Waals surface area contributed by atoms with E-state index in [0.29, 0.717) is 18.7 Å². The Morgan fingerprint density at radius 2 is 1.84 bits per heavy atom. The molecule has 0 aliphatic carbocycles. The molecule has 0 atom stereocenters. The average molecular weight is 256 g/mol. The molecule has 1 heterocycles. The Morgan fingerprint density at radius 1 is 1.16 bits per heavy atom. The lowest BCUT2D eigenvalue weighted by molar-refractivity contribution is 0.0986. The van der Waals surface area contributed by atoms with Crippen molar-refractivity contribution in [3.8, 4) is 0 Å². The molecule has 0 saturated heterocycles. The van der Waals surface area contributed by atoms with Crippen molar-refractivity contribution in [1.29, 1.82) is 0 Å². The van der Waals surface area contributed by atoms with Gasteiger partial charge in [0.05, 0.1) is 5.56 Å². The predicted molar refractivity (Wildman–Crippen MR) is 73.8 cm³/mol. The quantitative estimate of drug-likeness (QED) is 0.879. The van der Waals surface area contributed by atoms with Gasteiger partial charge in [-0.15, -0.1) is 0 Å². The minimum atomic E-state index is -0.111. The largest absolute Gasteiger partial charge is 0.330 e. The maximum Gasteiger partial charge on any atom is 0.261 e. The molecule has 0 radical (unpaired) electrons. The van der Waals surface area contributed by atoms with Crippen LogP contribution in [-0.2, 0) is 0 Å². The van der Waals surface area contributed by atoms with Crippen LogP contribution >= 0.6 is 0 Å². The first-order chi connectivity index (χ1) is 9.33. The summed E-state index contributed by atoms with van der Waals surface area (Å²) in [5, 5.41) is 0. The van der Waals surface area contributed by atoms with Crippen LogP contribution in [0.1, 0.15) is 16.8 Å².